The summed E-state index contributed by atoms with van der Waals surface area (Å²) < 4.78 is 5.15. The molecule has 0 bridgehead atoms. The van der Waals surface area contributed by atoms with Crippen LogP contribution in [-0.4, -0.2) is 30.6 Å². The van der Waals surface area contributed by atoms with Crippen molar-refractivity contribution in [1.82, 2.24) is 0 Å². The van der Waals surface area contributed by atoms with Crippen molar-refractivity contribution in [3.8, 4) is 0 Å². The molecule has 0 amide bonds. The van der Waals surface area contributed by atoms with E-state index in [1.165, 1.54) is 0 Å². The van der Waals surface area contributed by atoms with Gasteiger partial charge in [0.05, 0.1) is 12.0 Å². The lowest BCUT2D eigenvalue weighted by Crippen LogP contribution is -2.33. The van der Waals surface area contributed by atoms with Gasteiger partial charge < -0.3 is 9.84 Å². The van der Waals surface area contributed by atoms with E-state index in [9.17, 15) is 9.59 Å². The number of ether oxygens (including phenoxy) is 1. The maximum atomic E-state index is 12.4. The van der Waals surface area contributed by atoms with E-state index in [0.29, 0.717) is 18.4 Å². The Bertz CT molecular complexity index is 480. The fraction of sp³-hybridized carbons (Fsp3) is 0.429. The van der Waals surface area contributed by atoms with Crippen molar-refractivity contribution in [3.05, 3.63) is 35.4 Å². The van der Waals surface area contributed by atoms with Crippen LogP contribution in [0.15, 0.2) is 24.3 Å². The van der Waals surface area contributed by atoms with Crippen molar-refractivity contribution < 1.29 is 19.4 Å². The van der Waals surface area contributed by atoms with Gasteiger partial charge in [-0.05, 0) is 18.4 Å². The molecule has 0 saturated carbocycles. The van der Waals surface area contributed by atoms with Gasteiger partial charge in [-0.2, -0.15) is 0 Å². The fourth-order valence-electron chi connectivity index (χ4n) is 2.64. The van der Waals surface area contributed by atoms with Crippen LogP contribution in [0.5, 0.6) is 0 Å². The number of hydrogen-bond acceptors (Lipinski definition) is 3. The number of ketones is 1. The van der Waals surface area contributed by atoms with Crippen LogP contribution in [0.2, 0.25) is 0 Å². The number of methoxy groups -OCH3 is 1. The molecule has 4 heteroatoms. The highest BCUT2D eigenvalue weighted by Gasteiger charge is 2.45. The molecule has 0 fully saturated rings. The summed E-state index contributed by atoms with van der Waals surface area (Å²) in [6, 6.07) is 7.45. The Morgan fingerprint density at radius 3 is 2.78 bits per heavy atom. The van der Waals surface area contributed by atoms with Crippen molar-refractivity contribution in [2.45, 2.75) is 19.3 Å². The SMILES string of the molecule is COC[C@@]1(CCC(=O)O)Cc2ccccc2C1=O. The quantitative estimate of drug-likeness (QED) is 0.864. The molecule has 0 heterocycles. The summed E-state index contributed by atoms with van der Waals surface area (Å²) in [5.74, 6) is -0.865. The second-order valence-electron chi connectivity index (χ2n) is 4.77. The van der Waals surface area contributed by atoms with Crippen LogP contribution < -0.4 is 0 Å². The van der Waals surface area contributed by atoms with Gasteiger partial charge in [-0.15, -0.1) is 0 Å². The third-order valence-corrected chi connectivity index (χ3v) is 3.51. The number of Topliss-reactive ketones (excluding diaryl/α,β-unsaturated/α-hetero) is 1. The van der Waals surface area contributed by atoms with Crippen LogP contribution in [0.3, 0.4) is 0 Å². The molecular formula is C14H16O4. The zero-order valence-corrected chi connectivity index (χ0v) is 10.3. The molecule has 0 spiro atoms. The zero-order valence-electron chi connectivity index (χ0n) is 10.3. The van der Waals surface area contributed by atoms with E-state index in [0.717, 1.165) is 5.56 Å². The minimum Gasteiger partial charge on any atom is -0.481 e. The molecule has 1 aliphatic carbocycles. The molecule has 4 nitrogen and oxygen atoms in total. The van der Waals surface area contributed by atoms with Gasteiger partial charge in [0, 0.05) is 19.1 Å². The zero-order chi connectivity index (χ0) is 13.2. The third-order valence-electron chi connectivity index (χ3n) is 3.51. The highest BCUT2D eigenvalue weighted by molar-refractivity contribution is 6.05. The molecular weight excluding hydrogens is 232 g/mol. The molecule has 1 atom stereocenters. The number of carbonyl (C=O) groups is 2. The Hall–Kier alpha value is -1.68. The predicted molar refractivity (Wildman–Crippen MR) is 65.7 cm³/mol. The van der Waals surface area contributed by atoms with Crippen molar-refractivity contribution in [1.29, 1.82) is 0 Å². The van der Waals surface area contributed by atoms with Gasteiger partial charge in [0.25, 0.3) is 0 Å². The van der Waals surface area contributed by atoms with Gasteiger partial charge in [-0.25, -0.2) is 0 Å². The molecule has 2 rings (SSSR count). The van der Waals surface area contributed by atoms with E-state index in [1.54, 1.807) is 13.2 Å². The topological polar surface area (TPSA) is 63.6 Å². The van der Waals surface area contributed by atoms with Crippen LogP contribution in [0.25, 0.3) is 0 Å². The van der Waals surface area contributed by atoms with E-state index in [1.807, 2.05) is 18.2 Å². The highest BCUT2D eigenvalue weighted by Crippen LogP contribution is 2.40. The lowest BCUT2D eigenvalue weighted by Gasteiger charge is -2.25. The molecule has 0 saturated heterocycles. The fourth-order valence-corrected chi connectivity index (χ4v) is 2.64. The third kappa shape index (κ3) is 2.16. The first-order valence-corrected chi connectivity index (χ1v) is 5.92. The lowest BCUT2D eigenvalue weighted by atomic mass is 9.80. The van der Waals surface area contributed by atoms with Gasteiger partial charge >= 0.3 is 5.97 Å². The average Bonchev–Trinajstić information content (AvgIpc) is 2.62. The highest BCUT2D eigenvalue weighted by atomic mass is 16.5. The minimum absolute atomic E-state index is 0.0108. The van der Waals surface area contributed by atoms with Gasteiger partial charge in [0.15, 0.2) is 5.78 Å². The standard InChI is InChI=1S/C14H16O4/c1-18-9-14(7-6-12(15)16)8-10-4-2-3-5-11(10)13(14)17/h2-5H,6-9H2,1H3,(H,15,16)/t14-/m1/s1. The number of fused-ring (bicyclic) bond motifs is 1. The lowest BCUT2D eigenvalue weighted by molar-refractivity contribution is -0.137. The second kappa shape index (κ2) is 4.90. The monoisotopic (exact) mass is 248 g/mol. The molecule has 0 unspecified atom stereocenters. The molecule has 1 aromatic carbocycles. The van der Waals surface area contributed by atoms with E-state index in [-0.39, 0.29) is 18.8 Å². The summed E-state index contributed by atoms with van der Waals surface area (Å²) in [7, 11) is 1.54. The van der Waals surface area contributed by atoms with Crippen LogP contribution in [0, 0.1) is 5.41 Å². The van der Waals surface area contributed by atoms with Crippen LogP contribution in [-0.2, 0) is 16.0 Å². The van der Waals surface area contributed by atoms with E-state index in [4.69, 9.17) is 9.84 Å². The van der Waals surface area contributed by atoms with Crippen molar-refractivity contribution in [3.63, 3.8) is 0 Å². The first kappa shape index (κ1) is 12.8. The summed E-state index contributed by atoms with van der Waals surface area (Å²) >= 11 is 0. The number of carbonyl (C=O) groups excluding carboxylic acids is 1. The van der Waals surface area contributed by atoms with Crippen LogP contribution in [0.1, 0.15) is 28.8 Å². The average molecular weight is 248 g/mol. The number of hydrogen-bond donors (Lipinski definition) is 1. The molecule has 0 radical (unpaired) electrons. The first-order chi connectivity index (χ1) is 8.59. The van der Waals surface area contributed by atoms with Crippen LogP contribution in [0.4, 0.5) is 0 Å². The van der Waals surface area contributed by atoms with Crippen molar-refractivity contribution in [2.24, 2.45) is 5.41 Å². The molecule has 0 aliphatic heterocycles. The minimum atomic E-state index is -0.880. The normalized spacial score (nSPS) is 21.9. The summed E-state index contributed by atoms with van der Waals surface area (Å²) in [5, 5.41) is 8.81. The number of carboxylic acids is 1. The van der Waals surface area contributed by atoms with Gasteiger partial charge in [-0.1, -0.05) is 24.3 Å². The van der Waals surface area contributed by atoms with Crippen LogP contribution >= 0.6 is 0 Å². The molecule has 1 N–H and O–H groups in total. The molecule has 96 valence electrons. The van der Waals surface area contributed by atoms with Gasteiger partial charge in [0.2, 0.25) is 0 Å². The van der Waals surface area contributed by atoms with Gasteiger partial charge in [-0.3, -0.25) is 9.59 Å². The molecule has 1 aromatic rings. The maximum Gasteiger partial charge on any atom is 0.303 e. The van der Waals surface area contributed by atoms with Crippen molar-refractivity contribution >= 4 is 11.8 Å². The second-order valence-corrected chi connectivity index (χ2v) is 4.77. The van der Waals surface area contributed by atoms with E-state index >= 15 is 0 Å². The Morgan fingerprint density at radius 2 is 2.17 bits per heavy atom. The summed E-state index contributed by atoms with van der Waals surface area (Å²) in [6.45, 7) is 0.272. The Labute approximate surface area is 106 Å². The molecule has 1 aliphatic rings. The molecule has 18 heavy (non-hydrogen) atoms. The summed E-state index contributed by atoms with van der Waals surface area (Å²) in [4.78, 5) is 23.2. The number of benzene rings is 1. The van der Waals surface area contributed by atoms with E-state index < -0.39 is 11.4 Å². The number of carboxylic acid groups (broad SMARTS) is 1. The van der Waals surface area contributed by atoms with E-state index in [2.05, 4.69) is 0 Å². The maximum absolute atomic E-state index is 12.4. The predicted octanol–water partition coefficient (Wildman–Crippen LogP) is 1.92. The first-order valence-electron chi connectivity index (χ1n) is 5.92. The van der Waals surface area contributed by atoms with Gasteiger partial charge in [0.1, 0.15) is 0 Å². The number of rotatable bonds is 5. The summed E-state index contributed by atoms with van der Waals surface area (Å²) in [6.07, 6.45) is 0.885. The molecule has 0 aromatic heterocycles. The summed E-state index contributed by atoms with van der Waals surface area (Å²) in [5.41, 5.74) is 1.00. The largest absolute Gasteiger partial charge is 0.481 e. The Kier molecular flexibility index (Phi) is 3.48. The smallest absolute Gasteiger partial charge is 0.303 e. The van der Waals surface area contributed by atoms with Crippen molar-refractivity contribution in [2.75, 3.05) is 13.7 Å². The Morgan fingerprint density at radius 1 is 1.44 bits per heavy atom. The number of aliphatic carboxylic acids is 1. The Balaban J connectivity index is 2.28.